The van der Waals surface area contributed by atoms with Crippen LogP contribution in [0, 0.1) is 6.92 Å². The molecule has 72 valence electrons. The van der Waals surface area contributed by atoms with Gasteiger partial charge in [-0.1, -0.05) is 24.3 Å². The Hall–Kier alpha value is -1.77. The Labute approximate surface area is 82.0 Å². The van der Waals surface area contributed by atoms with Crippen molar-refractivity contribution in [1.29, 1.82) is 0 Å². The first kappa shape index (κ1) is 8.81. The van der Waals surface area contributed by atoms with Crippen molar-refractivity contribution >= 4 is 0 Å². The summed E-state index contributed by atoms with van der Waals surface area (Å²) in [5, 5.41) is 2.69. The average molecular weight is 188 g/mol. The summed E-state index contributed by atoms with van der Waals surface area (Å²) < 4.78 is 1.74. The summed E-state index contributed by atoms with van der Waals surface area (Å²) in [5.74, 6) is 0. The number of hydrogen-bond acceptors (Lipinski definition) is 1. The van der Waals surface area contributed by atoms with E-state index in [-0.39, 0.29) is 5.56 Å². The fourth-order valence-corrected chi connectivity index (χ4v) is 1.60. The van der Waals surface area contributed by atoms with Gasteiger partial charge in [-0.15, -0.1) is 0 Å². The molecular formula is C11H12N2O. The van der Waals surface area contributed by atoms with E-state index in [1.165, 1.54) is 5.56 Å². The largest absolute Gasteiger partial charge is 0.288 e. The molecule has 0 amide bonds. The quantitative estimate of drug-likeness (QED) is 0.726. The Balaban J connectivity index is 2.66. The van der Waals surface area contributed by atoms with Gasteiger partial charge >= 0.3 is 0 Å². The molecule has 3 heteroatoms. The highest BCUT2D eigenvalue weighted by molar-refractivity contribution is 5.63. The van der Waals surface area contributed by atoms with Gasteiger partial charge in [0, 0.05) is 18.7 Å². The lowest BCUT2D eigenvalue weighted by Crippen LogP contribution is -2.01. The third kappa shape index (κ3) is 1.37. The fraction of sp³-hybridized carbons (Fsp3) is 0.182. The maximum atomic E-state index is 11.1. The maximum Gasteiger partial charge on any atom is 0.264 e. The lowest BCUT2D eigenvalue weighted by molar-refractivity contribution is 0.764. The van der Waals surface area contributed by atoms with Crippen molar-refractivity contribution in [2.75, 3.05) is 0 Å². The number of aryl methyl sites for hydroxylation is 2. The minimum atomic E-state index is -0.0641. The van der Waals surface area contributed by atoms with E-state index < -0.39 is 0 Å². The highest BCUT2D eigenvalue weighted by Crippen LogP contribution is 2.20. The van der Waals surface area contributed by atoms with Gasteiger partial charge in [-0.3, -0.25) is 14.6 Å². The van der Waals surface area contributed by atoms with Crippen LogP contribution in [-0.2, 0) is 7.05 Å². The molecule has 0 saturated carbocycles. The molecule has 0 aliphatic carbocycles. The Morgan fingerprint density at radius 2 is 2.00 bits per heavy atom. The highest BCUT2D eigenvalue weighted by Gasteiger charge is 2.05. The molecule has 3 nitrogen and oxygen atoms in total. The standard InChI is InChI=1S/C11H12N2O/c1-8-5-3-4-6-9(8)10-7-11(14)12-13(10)2/h3-7H,1-2H3,(H,12,14). The maximum absolute atomic E-state index is 11.1. The van der Waals surface area contributed by atoms with Gasteiger partial charge in [0.05, 0.1) is 5.69 Å². The van der Waals surface area contributed by atoms with Gasteiger partial charge in [-0.05, 0) is 12.5 Å². The van der Waals surface area contributed by atoms with Crippen molar-refractivity contribution in [2.24, 2.45) is 7.05 Å². The summed E-state index contributed by atoms with van der Waals surface area (Å²) in [6.45, 7) is 2.03. The van der Waals surface area contributed by atoms with E-state index in [2.05, 4.69) is 5.10 Å². The molecule has 1 heterocycles. The first-order valence-electron chi connectivity index (χ1n) is 4.50. The molecule has 0 unspecified atom stereocenters. The number of nitrogens with one attached hydrogen (secondary N) is 1. The third-order valence-corrected chi connectivity index (χ3v) is 2.33. The van der Waals surface area contributed by atoms with E-state index >= 15 is 0 Å². The first-order chi connectivity index (χ1) is 6.68. The van der Waals surface area contributed by atoms with Gasteiger partial charge in [0.25, 0.3) is 5.56 Å². The summed E-state index contributed by atoms with van der Waals surface area (Å²) >= 11 is 0. The molecule has 0 atom stereocenters. The normalized spacial score (nSPS) is 10.4. The van der Waals surface area contributed by atoms with Gasteiger partial charge in [0.2, 0.25) is 0 Å². The predicted octanol–water partition coefficient (Wildman–Crippen LogP) is 1.69. The number of H-pyrrole nitrogens is 1. The minimum Gasteiger partial charge on any atom is -0.288 e. The van der Waals surface area contributed by atoms with E-state index in [0.717, 1.165) is 11.3 Å². The van der Waals surface area contributed by atoms with Crippen molar-refractivity contribution < 1.29 is 0 Å². The number of aromatic nitrogens is 2. The Morgan fingerprint density at radius 1 is 1.29 bits per heavy atom. The predicted molar refractivity (Wildman–Crippen MR) is 56.2 cm³/mol. The lowest BCUT2D eigenvalue weighted by atomic mass is 10.1. The molecule has 0 aliphatic rings. The smallest absolute Gasteiger partial charge is 0.264 e. The molecule has 14 heavy (non-hydrogen) atoms. The monoisotopic (exact) mass is 188 g/mol. The Morgan fingerprint density at radius 3 is 2.57 bits per heavy atom. The fourth-order valence-electron chi connectivity index (χ4n) is 1.60. The van der Waals surface area contributed by atoms with E-state index in [0.29, 0.717) is 0 Å². The van der Waals surface area contributed by atoms with Crippen LogP contribution in [0.25, 0.3) is 11.3 Å². The van der Waals surface area contributed by atoms with Crippen LogP contribution in [0.5, 0.6) is 0 Å². The van der Waals surface area contributed by atoms with Crippen molar-refractivity contribution in [3.8, 4) is 11.3 Å². The number of benzene rings is 1. The number of nitrogens with zero attached hydrogens (tertiary/aromatic N) is 1. The van der Waals surface area contributed by atoms with Crippen molar-refractivity contribution in [2.45, 2.75) is 6.92 Å². The molecule has 0 fully saturated rings. The molecule has 0 aliphatic heterocycles. The van der Waals surface area contributed by atoms with Crippen LogP contribution in [0.4, 0.5) is 0 Å². The third-order valence-electron chi connectivity index (χ3n) is 2.33. The minimum absolute atomic E-state index is 0.0641. The van der Waals surface area contributed by atoms with Gasteiger partial charge in [0.15, 0.2) is 0 Å². The molecule has 0 saturated heterocycles. The Bertz CT molecular complexity index is 508. The molecular weight excluding hydrogens is 176 g/mol. The number of hydrogen-bond donors (Lipinski definition) is 1. The second-order valence-electron chi connectivity index (χ2n) is 3.38. The Kier molecular flexibility index (Phi) is 2.00. The summed E-state index contributed by atoms with van der Waals surface area (Å²) in [4.78, 5) is 11.1. The number of aromatic amines is 1. The lowest BCUT2D eigenvalue weighted by Gasteiger charge is -2.05. The van der Waals surface area contributed by atoms with Crippen LogP contribution < -0.4 is 5.56 Å². The van der Waals surface area contributed by atoms with Gasteiger partial charge in [0.1, 0.15) is 0 Å². The van der Waals surface area contributed by atoms with Gasteiger partial charge in [-0.25, -0.2) is 0 Å². The van der Waals surface area contributed by atoms with Gasteiger partial charge in [-0.2, -0.15) is 0 Å². The van der Waals surface area contributed by atoms with Crippen LogP contribution in [0.15, 0.2) is 35.1 Å². The summed E-state index contributed by atoms with van der Waals surface area (Å²) in [5.41, 5.74) is 3.12. The second kappa shape index (κ2) is 3.18. The topological polar surface area (TPSA) is 37.8 Å². The molecule has 0 bridgehead atoms. The van der Waals surface area contributed by atoms with Crippen molar-refractivity contribution in [3.05, 3.63) is 46.2 Å². The van der Waals surface area contributed by atoms with Crippen molar-refractivity contribution in [1.82, 2.24) is 9.78 Å². The summed E-state index contributed by atoms with van der Waals surface area (Å²) in [7, 11) is 1.84. The second-order valence-corrected chi connectivity index (χ2v) is 3.38. The molecule has 0 radical (unpaired) electrons. The molecule has 2 rings (SSSR count). The van der Waals surface area contributed by atoms with Gasteiger partial charge < -0.3 is 0 Å². The van der Waals surface area contributed by atoms with Crippen molar-refractivity contribution in [3.63, 3.8) is 0 Å². The first-order valence-corrected chi connectivity index (χ1v) is 4.50. The zero-order valence-electron chi connectivity index (χ0n) is 8.24. The zero-order valence-corrected chi connectivity index (χ0v) is 8.24. The summed E-state index contributed by atoms with van der Waals surface area (Å²) in [6, 6.07) is 9.62. The van der Waals surface area contributed by atoms with Crippen LogP contribution in [0.3, 0.4) is 0 Å². The van der Waals surface area contributed by atoms with Crippen LogP contribution in [0.1, 0.15) is 5.56 Å². The molecule has 1 N–H and O–H groups in total. The zero-order chi connectivity index (χ0) is 10.1. The van der Waals surface area contributed by atoms with Crippen LogP contribution in [0.2, 0.25) is 0 Å². The van der Waals surface area contributed by atoms with E-state index in [9.17, 15) is 4.79 Å². The molecule has 2 aromatic rings. The van der Waals surface area contributed by atoms with Crippen LogP contribution in [-0.4, -0.2) is 9.78 Å². The van der Waals surface area contributed by atoms with E-state index in [1.807, 2.05) is 38.2 Å². The average Bonchev–Trinajstić information content (AvgIpc) is 2.46. The SMILES string of the molecule is Cc1ccccc1-c1cc(=O)[nH]n1C. The molecule has 1 aromatic carbocycles. The summed E-state index contributed by atoms with van der Waals surface area (Å²) in [6.07, 6.45) is 0. The highest BCUT2D eigenvalue weighted by atomic mass is 16.1. The molecule has 0 spiro atoms. The number of rotatable bonds is 1. The van der Waals surface area contributed by atoms with E-state index in [1.54, 1.807) is 10.7 Å². The molecule has 1 aromatic heterocycles. The van der Waals surface area contributed by atoms with E-state index in [4.69, 9.17) is 0 Å². The van der Waals surface area contributed by atoms with Crippen LogP contribution >= 0.6 is 0 Å².